The predicted molar refractivity (Wildman–Crippen MR) is 114 cm³/mol. The molecule has 1 aliphatic heterocycles. The molecule has 1 saturated heterocycles. The Labute approximate surface area is 177 Å². The van der Waals surface area contributed by atoms with E-state index in [9.17, 15) is 9.59 Å². The third-order valence-corrected chi connectivity index (χ3v) is 4.97. The Morgan fingerprint density at radius 2 is 1.66 bits per heavy atom. The summed E-state index contributed by atoms with van der Waals surface area (Å²) in [4.78, 5) is 30.2. The van der Waals surface area contributed by atoms with Crippen molar-refractivity contribution in [2.75, 3.05) is 21.9 Å². The van der Waals surface area contributed by atoms with Gasteiger partial charge in [0.15, 0.2) is 0 Å². The second-order valence-electron chi connectivity index (χ2n) is 6.45. The van der Waals surface area contributed by atoms with Crippen LogP contribution in [0.4, 0.5) is 17.2 Å². The second-order valence-corrected chi connectivity index (χ2v) is 7.32. The Morgan fingerprint density at radius 3 is 2.31 bits per heavy atom. The van der Waals surface area contributed by atoms with Gasteiger partial charge in [-0.15, -0.1) is 0 Å². The average Bonchev–Trinajstić information content (AvgIpc) is 3.06. The van der Waals surface area contributed by atoms with Crippen molar-refractivity contribution in [3.63, 3.8) is 0 Å². The number of pyridine rings is 1. The van der Waals surface area contributed by atoms with Gasteiger partial charge < -0.3 is 5.32 Å². The lowest BCUT2D eigenvalue weighted by Crippen LogP contribution is -2.39. The minimum Gasteiger partial charge on any atom is -0.310 e. The number of amides is 2. The fourth-order valence-electron chi connectivity index (χ4n) is 3.18. The first-order valence-electron chi connectivity index (χ1n) is 8.87. The van der Waals surface area contributed by atoms with Gasteiger partial charge in [-0.1, -0.05) is 41.4 Å². The normalized spacial score (nSPS) is 16.2. The van der Waals surface area contributed by atoms with Crippen molar-refractivity contribution in [3.05, 3.63) is 83.0 Å². The standard InChI is InChI=1S/C21H16Cl2N4O2/c22-14-5-3-7-16(11-14)26-13-18(20(28)25-19-9-1-2-10-24-19)21(29)27(26)17-8-4-6-15(23)12-17/h1-12,18H,13H2,(H,24,25,28). The van der Waals surface area contributed by atoms with Crippen LogP contribution in [0.15, 0.2) is 72.9 Å². The van der Waals surface area contributed by atoms with Gasteiger partial charge in [0.1, 0.15) is 11.7 Å². The van der Waals surface area contributed by atoms with E-state index < -0.39 is 11.8 Å². The van der Waals surface area contributed by atoms with Gasteiger partial charge in [0.2, 0.25) is 5.91 Å². The summed E-state index contributed by atoms with van der Waals surface area (Å²) >= 11 is 12.3. The number of hydrazine groups is 1. The molecule has 1 atom stereocenters. The molecule has 6 nitrogen and oxygen atoms in total. The van der Waals surface area contributed by atoms with E-state index in [-0.39, 0.29) is 12.5 Å². The third kappa shape index (κ3) is 4.04. The molecule has 1 fully saturated rings. The van der Waals surface area contributed by atoms with Crippen molar-refractivity contribution in [1.29, 1.82) is 0 Å². The highest BCUT2D eigenvalue weighted by molar-refractivity contribution is 6.31. The molecule has 29 heavy (non-hydrogen) atoms. The fraction of sp³-hybridized carbons (Fsp3) is 0.0952. The highest BCUT2D eigenvalue weighted by atomic mass is 35.5. The lowest BCUT2D eigenvalue weighted by molar-refractivity contribution is -0.128. The van der Waals surface area contributed by atoms with Crippen LogP contribution in [0.3, 0.4) is 0 Å². The van der Waals surface area contributed by atoms with E-state index in [1.54, 1.807) is 71.9 Å². The minimum absolute atomic E-state index is 0.157. The van der Waals surface area contributed by atoms with E-state index in [1.807, 2.05) is 6.07 Å². The minimum atomic E-state index is -0.921. The van der Waals surface area contributed by atoms with Gasteiger partial charge >= 0.3 is 0 Å². The average molecular weight is 427 g/mol. The Hall–Kier alpha value is -3.09. The van der Waals surface area contributed by atoms with Crippen molar-refractivity contribution >= 4 is 52.2 Å². The smallest absolute Gasteiger partial charge is 0.260 e. The molecule has 2 aromatic carbocycles. The number of benzene rings is 2. The topological polar surface area (TPSA) is 65.5 Å². The second kappa shape index (κ2) is 8.11. The van der Waals surface area contributed by atoms with Crippen LogP contribution >= 0.6 is 23.2 Å². The van der Waals surface area contributed by atoms with Gasteiger partial charge in [-0.2, -0.15) is 0 Å². The molecule has 0 saturated carbocycles. The lowest BCUT2D eigenvalue weighted by Gasteiger charge is -2.29. The number of carbonyl (C=O) groups is 2. The summed E-state index contributed by atoms with van der Waals surface area (Å²) in [5.74, 6) is -1.32. The first kappa shape index (κ1) is 19.2. The number of nitrogens with one attached hydrogen (secondary N) is 1. The highest BCUT2D eigenvalue weighted by Crippen LogP contribution is 2.33. The molecule has 0 bridgehead atoms. The molecule has 0 radical (unpaired) electrons. The molecule has 2 amide bonds. The molecular weight excluding hydrogens is 411 g/mol. The third-order valence-electron chi connectivity index (χ3n) is 4.50. The molecule has 0 spiro atoms. The Morgan fingerprint density at radius 1 is 0.966 bits per heavy atom. The van der Waals surface area contributed by atoms with Crippen LogP contribution in [-0.2, 0) is 9.59 Å². The molecular formula is C21H16Cl2N4O2. The van der Waals surface area contributed by atoms with Gasteiger partial charge in [0, 0.05) is 16.2 Å². The van der Waals surface area contributed by atoms with Crippen LogP contribution in [-0.4, -0.2) is 23.3 Å². The predicted octanol–water partition coefficient (Wildman–Crippen LogP) is 4.41. The zero-order valence-electron chi connectivity index (χ0n) is 15.1. The van der Waals surface area contributed by atoms with E-state index >= 15 is 0 Å². The quantitative estimate of drug-likeness (QED) is 0.627. The van der Waals surface area contributed by atoms with E-state index in [2.05, 4.69) is 10.3 Å². The number of nitrogens with zero attached hydrogens (tertiary/aromatic N) is 3. The molecule has 1 aromatic heterocycles. The fourth-order valence-corrected chi connectivity index (χ4v) is 3.55. The summed E-state index contributed by atoms with van der Waals surface area (Å²) in [7, 11) is 0. The highest BCUT2D eigenvalue weighted by Gasteiger charge is 2.43. The van der Waals surface area contributed by atoms with Crippen molar-refractivity contribution in [2.24, 2.45) is 5.92 Å². The summed E-state index contributed by atoms with van der Waals surface area (Å²) in [6.45, 7) is 0.157. The van der Waals surface area contributed by atoms with Crippen molar-refractivity contribution in [2.45, 2.75) is 0 Å². The van der Waals surface area contributed by atoms with E-state index in [4.69, 9.17) is 23.2 Å². The molecule has 8 heteroatoms. The van der Waals surface area contributed by atoms with Crippen LogP contribution in [0.5, 0.6) is 0 Å². The maximum atomic E-state index is 13.2. The van der Waals surface area contributed by atoms with Crippen molar-refractivity contribution in [3.8, 4) is 0 Å². The largest absolute Gasteiger partial charge is 0.310 e. The molecule has 2 heterocycles. The zero-order valence-corrected chi connectivity index (χ0v) is 16.6. The van der Waals surface area contributed by atoms with E-state index in [1.165, 1.54) is 5.01 Å². The van der Waals surface area contributed by atoms with Gasteiger partial charge in [-0.05, 0) is 48.5 Å². The number of anilines is 3. The maximum Gasteiger partial charge on any atom is 0.260 e. The number of halogens is 2. The maximum absolute atomic E-state index is 13.2. The Kier molecular flexibility index (Phi) is 5.38. The molecule has 1 N–H and O–H groups in total. The Balaban J connectivity index is 1.69. The van der Waals surface area contributed by atoms with Crippen LogP contribution in [0, 0.1) is 5.92 Å². The summed E-state index contributed by atoms with van der Waals surface area (Å²) in [5.41, 5.74) is 1.26. The summed E-state index contributed by atoms with van der Waals surface area (Å²) in [5, 5.41) is 6.91. The number of rotatable bonds is 4. The first-order valence-corrected chi connectivity index (χ1v) is 9.63. The summed E-state index contributed by atoms with van der Waals surface area (Å²) in [6, 6.07) is 19.2. The molecule has 4 rings (SSSR count). The number of hydrogen-bond acceptors (Lipinski definition) is 4. The number of hydrogen-bond donors (Lipinski definition) is 1. The molecule has 146 valence electrons. The van der Waals surface area contributed by atoms with Gasteiger partial charge in [-0.25, -0.2) is 9.99 Å². The lowest BCUT2D eigenvalue weighted by atomic mass is 10.1. The van der Waals surface area contributed by atoms with Gasteiger partial charge in [0.25, 0.3) is 5.91 Å². The monoisotopic (exact) mass is 426 g/mol. The SMILES string of the molecule is O=C(Nc1ccccn1)C1CN(c2cccc(Cl)c2)N(c2cccc(Cl)c2)C1=O. The zero-order chi connectivity index (χ0) is 20.4. The number of aromatic nitrogens is 1. The summed E-state index contributed by atoms with van der Waals surface area (Å²) in [6.07, 6.45) is 1.57. The van der Waals surface area contributed by atoms with E-state index in [0.717, 1.165) is 0 Å². The van der Waals surface area contributed by atoms with E-state index in [0.29, 0.717) is 27.2 Å². The molecule has 1 unspecified atom stereocenters. The van der Waals surface area contributed by atoms with Crippen LogP contribution in [0.2, 0.25) is 10.0 Å². The van der Waals surface area contributed by atoms with Crippen molar-refractivity contribution < 1.29 is 9.59 Å². The molecule has 0 aliphatic carbocycles. The van der Waals surface area contributed by atoms with Crippen LogP contribution < -0.4 is 15.3 Å². The van der Waals surface area contributed by atoms with Crippen LogP contribution in [0.25, 0.3) is 0 Å². The van der Waals surface area contributed by atoms with Gasteiger partial charge in [0.05, 0.1) is 17.9 Å². The number of carbonyl (C=O) groups excluding carboxylic acids is 2. The van der Waals surface area contributed by atoms with Crippen molar-refractivity contribution in [1.82, 2.24) is 4.98 Å². The Bertz CT molecular complexity index is 1060. The van der Waals surface area contributed by atoms with Gasteiger partial charge in [-0.3, -0.25) is 14.6 Å². The summed E-state index contributed by atoms with van der Waals surface area (Å²) < 4.78 is 0. The first-order chi connectivity index (χ1) is 14.0. The molecule has 3 aromatic rings. The molecule has 1 aliphatic rings. The van der Waals surface area contributed by atoms with Crippen LogP contribution in [0.1, 0.15) is 0 Å².